The average molecular weight is 335 g/mol. The number of aryl methyl sites for hydroxylation is 1. The predicted molar refractivity (Wildman–Crippen MR) is 101 cm³/mol. The van der Waals surface area contributed by atoms with Gasteiger partial charge >= 0.3 is 0 Å². The van der Waals surface area contributed by atoms with Gasteiger partial charge < -0.3 is 9.88 Å². The Morgan fingerprint density at radius 3 is 2.64 bits per heavy atom. The number of para-hydroxylation sites is 2. The quantitative estimate of drug-likeness (QED) is 0.727. The lowest BCUT2D eigenvalue weighted by Crippen LogP contribution is -2.28. The minimum Gasteiger partial charge on any atom is -0.346 e. The molecule has 1 aromatic heterocycles. The number of hydrogen-bond donors (Lipinski definition) is 1. The summed E-state index contributed by atoms with van der Waals surface area (Å²) in [5.41, 5.74) is 4.58. The van der Waals surface area contributed by atoms with E-state index in [-0.39, 0.29) is 11.9 Å². The van der Waals surface area contributed by atoms with Crippen molar-refractivity contribution in [3.63, 3.8) is 0 Å². The first-order valence-electron chi connectivity index (χ1n) is 8.89. The van der Waals surface area contributed by atoms with Crippen LogP contribution in [0.5, 0.6) is 0 Å². The number of carbonyl (C=O) groups is 1. The van der Waals surface area contributed by atoms with E-state index in [0.29, 0.717) is 6.42 Å². The molecular weight excluding hydrogens is 310 g/mol. The molecule has 0 radical (unpaired) electrons. The summed E-state index contributed by atoms with van der Waals surface area (Å²) in [5.74, 6) is 0.971. The van der Waals surface area contributed by atoms with Gasteiger partial charge in [-0.1, -0.05) is 43.3 Å². The van der Waals surface area contributed by atoms with Gasteiger partial charge in [0.1, 0.15) is 5.82 Å². The van der Waals surface area contributed by atoms with Crippen molar-refractivity contribution in [1.29, 1.82) is 0 Å². The minimum atomic E-state index is -0.129. The first kappa shape index (κ1) is 17.2. The Labute approximate surface area is 148 Å². The van der Waals surface area contributed by atoms with Crippen molar-refractivity contribution in [3.05, 3.63) is 65.5 Å². The van der Waals surface area contributed by atoms with Crippen LogP contribution in [0.4, 0.5) is 0 Å². The third-order valence-corrected chi connectivity index (χ3v) is 4.52. The molecule has 1 amide bonds. The lowest BCUT2D eigenvalue weighted by Gasteiger charge is -2.17. The predicted octanol–water partition coefficient (Wildman–Crippen LogP) is 4.37. The highest BCUT2D eigenvalue weighted by molar-refractivity contribution is 5.78. The molecule has 0 aliphatic heterocycles. The van der Waals surface area contributed by atoms with E-state index in [2.05, 4.69) is 47.1 Å². The van der Waals surface area contributed by atoms with E-state index in [1.165, 1.54) is 11.1 Å². The summed E-state index contributed by atoms with van der Waals surface area (Å²) in [5, 5.41) is 3.08. The highest BCUT2D eigenvalue weighted by Crippen LogP contribution is 2.23. The zero-order valence-corrected chi connectivity index (χ0v) is 15.1. The number of fused-ring (bicyclic) bond motifs is 1. The third-order valence-electron chi connectivity index (χ3n) is 4.52. The van der Waals surface area contributed by atoms with Crippen molar-refractivity contribution in [1.82, 2.24) is 14.9 Å². The number of amides is 1. The number of hydrogen-bond acceptors (Lipinski definition) is 2. The highest BCUT2D eigenvalue weighted by Gasteiger charge is 2.18. The SMILES string of the molecule is CCCC(=O)NC(C)c1nc2ccccc2n1Cc1ccccc1C. The van der Waals surface area contributed by atoms with E-state index in [1.807, 2.05) is 32.0 Å². The molecule has 0 bridgehead atoms. The largest absolute Gasteiger partial charge is 0.346 e. The van der Waals surface area contributed by atoms with Gasteiger partial charge in [-0.3, -0.25) is 4.79 Å². The maximum Gasteiger partial charge on any atom is 0.220 e. The third kappa shape index (κ3) is 3.73. The van der Waals surface area contributed by atoms with Crippen LogP contribution < -0.4 is 5.32 Å². The molecule has 25 heavy (non-hydrogen) atoms. The van der Waals surface area contributed by atoms with E-state index in [4.69, 9.17) is 4.98 Å². The van der Waals surface area contributed by atoms with Gasteiger partial charge in [0.2, 0.25) is 5.91 Å². The van der Waals surface area contributed by atoms with Crippen molar-refractivity contribution in [2.45, 2.75) is 46.2 Å². The molecule has 0 saturated carbocycles. The second kappa shape index (κ2) is 7.51. The van der Waals surface area contributed by atoms with Gasteiger partial charge in [-0.15, -0.1) is 0 Å². The van der Waals surface area contributed by atoms with Crippen molar-refractivity contribution in [2.24, 2.45) is 0 Å². The Hall–Kier alpha value is -2.62. The summed E-state index contributed by atoms with van der Waals surface area (Å²) >= 11 is 0. The zero-order chi connectivity index (χ0) is 17.8. The van der Waals surface area contributed by atoms with Crippen molar-refractivity contribution >= 4 is 16.9 Å². The van der Waals surface area contributed by atoms with Crippen molar-refractivity contribution in [2.75, 3.05) is 0 Å². The molecule has 1 N–H and O–H groups in total. The lowest BCUT2D eigenvalue weighted by molar-refractivity contribution is -0.121. The van der Waals surface area contributed by atoms with Crippen LogP contribution in [0.1, 0.15) is 49.7 Å². The Kier molecular flexibility index (Phi) is 5.17. The number of benzene rings is 2. The number of carbonyl (C=O) groups excluding carboxylic acids is 1. The second-order valence-corrected chi connectivity index (χ2v) is 6.51. The summed E-state index contributed by atoms with van der Waals surface area (Å²) in [4.78, 5) is 16.8. The summed E-state index contributed by atoms with van der Waals surface area (Å²) in [6.45, 7) is 6.89. The molecule has 3 aromatic rings. The molecule has 0 saturated heterocycles. The topological polar surface area (TPSA) is 46.9 Å². The van der Waals surface area contributed by atoms with Crippen LogP contribution in [-0.2, 0) is 11.3 Å². The standard InChI is InChI=1S/C21H25N3O/c1-4-9-20(25)22-16(3)21-23-18-12-7-8-13-19(18)24(21)14-17-11-6-5-10-15(17)2/h5-8,10-13,16H,4,9,14H2,1-3H3,(H,22,25). The van der Waals surface area contributed by atoms with E-state index in [1.54, 1.807) is 0 Å². The van der Waals surface area contributed by atoms with Crippen LogP contribution in [0.3, 0.4) is 0 Å². The van der Waals surface area contributed by atoms with Crippen LogP contribution in [0, 0.1) is 6.92 Å². The van der Waals surface area contributed by atoms with Gasteiger partial charge in [0, 0.05) is 13.0 Å². The minimum absolute atomic E-state index is 0.0736. The Bertz CT molecular complexity index is 882. The summed E-state index contributed by atoms with van der Waals surface area (Å²) in [7, 11) is 0. The van der Waals surface area contributed by atoms with Crippen LogP contribution in [0.25, 0.3) is 11.0 Å². The molecular formula is C21H25N3O. The van der Waals surface area contributed by atoms with Gasteiger partial charge in [0.25, 0.3) is 0 Å². The van der Waals surface area contributed by atoms with E-state index in [9.17, 15) is 4.79 Å². The molecule has 1 unspecified atom stereocenters. The fourth-order valence-corrected chi connectivity index (χ4v) is 3.15. The Morgan fingerprint density at radius 2 is 1.88 bits per heavy atom. The maximum absolute atomic E-state index is 12.0. The molecule has 1 heterocycles. The normalized spacial score (nSPS) is 12.3. The van der Waals surface area contributed by atoms with Crippen molar-refractivity contribution in [3.8, 4) is 0 Å². The lowest BCUT2D eigenvalue weighted by atomic mass is 10.1. The van der Waals surface area contributed by atoms with E-state index in [0.717, 1.165) is 29.8 Å². The number of imidazole rings is 1. The van der Waals surface area contributed by atoms with Gasteiger partial charge in [-0.25, -0.2) is 4.98 Å². The van der Waals surface area contributed by atoms with E-state index < -0.39 is 0 Å². The molecule has 4 nitrogen and oxygen atoms in total. The number of aromatic nitrogens is 2. The van der Waals surface area contributed by atoms with Crippen molar-refractivity contribution < 1.29 is 4.79 Å². The summed E-state index contributed by atoms with van der Waals surface area (Å²) in [6.07, 6.45) is 1.39. The number of nitrogens with zero attached hydrogens (tertiary/aromatic N) is 2. The molecule has 1 atom stereocenters. The van der Waals surface area contributed by atoms with Gasteiger partial charge in [0.05, 0.1) is 17.1 Å². The van der Waals surface area contributed by atoms with Gasteiger partial charge in [0.15, 0.2) is 0 Å². The second-order valence-electron chi connectivity index (χ2n) is 6.51. The zero-order valence-electron chi connectivity index (χ0n) is 15.1. The first-order valence-corrected chi connectivity index (χ1v) is 8.89. The molecule has 4 heteroatoms. The molecule has 2 aromatic carbocycles. The Balaban J connectivity index is 2.00. The molecule has 0 aliphatic carbocycles. The summed E-state index contributed by atoms with van der Waals surface area (Å²) < 4.78 is 2.22. The number of nitrogens with one attached hydrogen (secondary N) is 1. The average Bonchev–Trinajstić information content (AvgIpc) is 2.96. The fraction of sp³-hybridized carbons (Fsp3) is 0.333. The van der Waals surface area contributed by atoms with Gasteiger partial charge in [-0.2, -0.15) is 0 Å². The highest BCUT2D eigenvalue weighted by atomic mass is 16.1. The molecule has 0 aliphatic rings. The molecule has 0 fully saturated rings. The van der Waals surface area contributed by atoms with E-state index >= 15 is 0 Å². The monoisotopic (exact) mass is 335 g/mol. The maximum atomic E-state index is 12.0. The van der Waals surface area contributed by atoms with Crippen LogP contribution >= 0.6 is 0 Å². The smallest absolute Gasteiger partial charge is 0.220 e. The Morgan fingerprint density at radius 1 is 1.16 bits per heavy atom. The van der Waals surface area contributed by atoms with Gasteiger partial charge in [-0.05, 0) is 43.5 Å². The number of rotatable bonds is 6. The van der Waals surface area contributed by atoms with Crippen LogP contribution in [0.2, 0.25) is 0 Å². The van der Waals surface area contributed by atoms with Crippen LogP contribution in [-0.4, -0.2) is 15.5 Å². The summed E-state index contributed by atoms with van der Waals surface area (Å²) in [6, 6.07) is 16.4. The van der Waals surface area contributed by atoms with Crippen LogP contribution in [0.15, 0.2) is 48.5 Å². The molecule has 130 valence electrons. The molecule has 0 spiro atoms. The fourth-order valence-electron chi connectivity index (χ4n) is 3.15. The first-order chi connectivity index (χ1) is 12.1. The molecule has 3 rings (SSSR count).